The van der Waals surface area contributed by atoms with Crippen molar-refractivity contribution in [2.24, 2.45) is 0 Å². The Bertz CT molecular complexity index is 726. The topological polar surface area (TPSA) is 54.2 Å². The fourth-order valence-electron chi connectivity index (χ4n) is 3.19. The third-order valence-corrected chi connectivity index (χ3v) is 4.71. The number of amides is 1. The zero-order valence-corrected chi connectivity index (χ0v) is 15.5. The molecule has 0 spiro atoms. The molecule has 0 aliphatic carbocycles. The van der Waals surface area contributed by atoms with E-state index in [1.165, 1.54) is 4.90 Å². The molecule has 142 valence electrons. The molecule has 1 amide bonds. The molecular weight excluding hydrogens is 340 g/mol. The summed E-state index contributed by atoms with van der Waals surface area (Å²) in [7, 11) is 0. The van der Waals surface area contributed by atoms with Crippen molar-refractivity contribution in [2.45, 2.75) is 6.10 Å². The van der Waals surface area contributed by atoms with Crippen molar-refractivity contribution < 1.29 is 19.5 Å². The molecule has 0 aromatic heterocycles. The number of hydrogen-bond donors (Lipinski definition) is 2. The molecule has 3 rings (SSSR count). The Hall–Kier alpha value is -2.63. The fraction of sp³-hybridized carbons (Fsp3) is 0.318. The molecule has 0 radical (unpaired) electrons. The first kappa shape index (κ1) is 19.1. The Morgan fingerprint density at radius 1 is 1.07 bits per heavy atom. The van der Waals surface area contributed by atoms with E-state index in [9.17, 15) is 9.90 Å². The van der Waals surface area contributed by atoms with Crippen LogP contribution < -0.4 is 9.64 Å². The molecular formula is C22H27N2O3+. The maximum absolute atomic E-state index is 12.3. The predicted molar refractivity (Wildman–Crippen MR) is 106 cm³/mol. The summed E-state index contributed by atoms with van der Waals surface area (Å²) in [5, 5.41) is 10.2. The second-order valence-electron chi connectivity index (χ2n) is 6.80. The van der Waals surface area contributed by atoms with Crippen LogP contribution in [0.25, 0.3) is 6.08 Å². The highest BCUT2D eigenvalue weighted by Gasteiger charge is 2.24. The number of benzene rings is 2. The lowest BCUT2D eigenvalue weighted by molar-refractivity contribution is -0.907. The quantitative estimate of drug-likeness (QED) is 0.714. The zero-order valence-electron chi connectivity index (χ0n) is 15.5. The van der Waals surface area contributed by atoms with Gasteiger partial charge in [0.2, 0.25) is 5.91 Å². The predicted octanol–water partition coefficient (Wildman–Crippen LogP) is 0.867. The van der Waals surface area contributed by atoms with Gasteiger partial charge >= 0.3 is 0 Å². The molecule has 1 aliphatic rings. The van der Waals surface area contributed by atoms with Crippen LogP contribution in [0.5, 0.6) is 5.75 Å². The van der Waals surface area contributed by atoms with Crippen molar-refractivity contribution in [1.29, 1.82) is 0 Å². The van der Waals surface area contributed by atoms with Gasteiger partial charge in [0.15, 0.2) is 0 Å². The average Bonchev–Trinajstić information content (AvgIpc) is 2.72. The van der Waals surface area contributed by atoms with Crippen LogP contribution in [0.4, 0.5) is 0 Å². The Morgan fingerprint density at radius 2 is 1.70 bits per heavy atom. The SMILES string of the molecule is O=C(/C=C/c1ccccc1)N1CC[NH+](C[C@H](O)COc2ccccc2)CC1. The van der Waals surface area contributed by atoms with Gasteiger partial charge in [-0.2, -0.15) is 0 Å². The highest BCUT2D eigenvalue weighted by atomic mass is 16.5. The molecule has 5 heteroatoms. The molecule has 27 heavy (non-hydrogen) atoms. The lowest BCUT2D eigenvalue weighted by Crippen LogP contribution is -3.15. The van der Waals surface area contributed by atoms with Gasteiger partial charge in [-0.05, 0) is 23.8 Å². The Kier molecular flexibility index (Phi) is 7.02. The number of nitrogens with one attached hydrogen (secondary N) is 1. The van der Waals surface area contributed by atoms with E-state index in [4.69, 9.17) is 4.74 Å². The number of ether oxygens (including phenoxy) is 1. The van der Waals surface area contributed by atoms with Gasteiger partial charge in [-0.15, -0.1) is 0 Å². The number of aliphatic hydroxyl groups excluding tert-OH is 1. The minimum Gasteiger partial charge on any atom is -0.491 e. The number of hydrogen-bond acceptors (Lipinski definition) is 3. The summed E-state index contributed by atoms with van der Waals surface area (Å²) in [6.07, 6.45) is 2.98. The molecule has 1 aliphatic heterocycles. The second-order valence-corrected chi connectivity index (χ2v) is 6.80. The van der Waals surface area contributed by atoms with Gasteiger partial charge in [-0.25, -0.2) is 0 Å². The van der Waals surface area contributed by atoms with E-state index in [1.807, 2.05) is 71.6 Å². The first-order valence-corrected chi connectivity index (χ1v) is 9.42. The molecule has 1 heterocycles. The van der Waals surface area contributed by atoms with Gasteiger partial charge in [0.25, 0.3) is 0 Å². The minimum atomic E-state index is -0.513. The van der Waals surface area contributed by atoms with Crippen molar-refractivity contribution in [3.8, 4) is 5.75 Å². The van der Waals surface area contributed by atoms with Crippen LogP contribution in [0.15, 0.2) is 66.7 Å². The van der Waals surface area contributed by atoms with E-state index in [-0.39, 0.29) is 12.5 Å². The highest BCUT2D eigenvalue weighted by molar-refractivity contribution is 5.91. The molecule has 2 N–H and O–H groups in total. The van der Waals surface area contributed by atoms with Gasteiger partial charge in [0, 0.05) is 6.08 Å². The van der Waals surface area contributed by atoms with Crippen LogP contribution >= 0.6 is 0 Å². The Labute approximate surface area is 160 Å². The lowest BCUT2D eigenvalue weighted by Gasteiger charge is -2.32. The number of rotatable bonds is 7. The van der Waals surface area contributed by atoms with Crippen LogP contribution in [0.3, 0.4) is 0 Å². The second kappa shape index (κ2) is 9.90. The summed E-state index contributed by atoms with van der Waals surface area (Å²) in [5.41, 5.74) is 1.02. The summed E-state index contributed by atoms with van der Waals surface area (Å²) in [5.74, 6) is 0.818. The highest BCUT2D eigenvalue weighted by Crippen LogP contribution is 2.08. The summed E-state index contributed by atoms with van der Waals surface area (Å²) in [4.78, 5) is 15.5. The maximum atomic E-state index is 12.3. The summed E-state index contributed by atoms with van der Waals surface area (Å²) in [6.45, 7) is 4.02. The molecule has 0 unspecified atom stereocenters. The van der Waals surface area contributed by atoms with Crippen molar-refractivity contribution in [2.75, 3.05) is 39.3 Å². The summed E-state index contributed by atoms with van der Waals surface area (Å²) in [6, 6.07) is 19.3. The normalized spacial score (nSPS) is 16.4. The van der Waals surface area contributed by atoms with Crippen LogP contribution in [0, 0.1) is 0 Å². The van der Waals surface area contributed by atoms with Crippen molar-refractivity contribution in [3.63, 3.8) is 0 Å². The molecule has 0 saturated carbocycles. The Balaban J connectivity index is 1.38. The zero-order chi connectivity index (χ0) is 18.9. The van der Waals surface area contributed by atoms with E-state index >= 15 is 0 Å². The lowest BCUT2D eigenvalue weighted by atomic mass is 10.2. The standard InChI is InChI=1S/C22H26N2O3/c25-20(18-27-21-9-5-2-6-10-21)17-23-13-15-24(16-14-23)22(26)12-11-19-7-3-1-4-8-19/h1-12,20,25H,13-18H2/p+1/b12-11+/t20-/m0/s1. The van der Waals surface area contributed by atoms with Gasteiger partial charge in [-0.3, -0.25) is 4.79 Å². The van der Waals surface area contributed by atoms with Gasteiger partial charge in [-0.1, -0.05) is 48.5 Å². The third kappa shape index (κ3) is 6.24. The van der Waals surface area contributed by atoms with Crippen molar-refractivity contribution in [1.82, 2.24) is 4.90 Å². The Morgan fingerprint density at radius 3 is 2.37 bits per heavy atom. The third-order valence-electron chi connectivity index (χ3n) is 4.71. The first-order chi connectivity index (χ1) is 13.2. The average molecular weight is 367 g/mol. The molecule has 1 atom stereocenters. The minimum absolute atomic E-state index is 0.0471. The number of carbonyl (C=O) groups excluding carboxylic acids is 1. The van der Waals surface area contributed by atoms with Crippen molar-refractivity contribution in [3.05, 3.63) is 72.3 Å². The van der Waals surface area contributed by atoms with Gasteiger partial charge in [0.05, 0.1) is 26.2 Å². The molecule has 0 bridgehead atoms. The van der Waals surface area contributed by atoms with Crippen molar-refractivity contribution >= 4 is 12.0 Å². The van der Waals surface area contributed by atoms with Crippen LogP contribution in [-0.2, 0) is 4.79 Å². The van der Waals surface area contributed by atoms with E-state index in [2.05, 4.69) is 0 Å². The van der Waals surface area contributed by atoms with Crippen LogP contribution in [0.1, 0.15) is 5.56 Å². The van der Waals surface area contributed by atoms with Gasteiger partial charge in [0.1, 0.15) is 25.0 Å². The van der Waals surface area contributed by atoms with E-state index in [0.29, 0.717) is 19.6 Å². The fourth-order valence-corrected chi connectivity index (χ4v) is 3.19. The number of para-hydroxylation sites is 1. The van der Waals surface area contributed by atoms with E-state index in [0.717, 1.165) is 24.4 Å². The number of nitrogens with zero attached hydrogens (tertiary/aromatic N) is 1. The molecule has 2 aromatic rings. The number of quaternary nitrogens is 1. The monoisotopic (exact) mass is 367 g/mol. The van der Waals surface area contributed by atoms with E-state index in [1.54, 1.807) is 6.08 Å². The first-order valence-electron chi connectivity index (χ1n) is 9.42. The number of piperazine rings is 1. The van der Waals surface area contributed by atoms with Crippen LogP contribution in [0.2, 0.25) is 0 Å². The number of carbonyl (C=O) groups is 1. The largest absolute Gasteiger partial charge is 0.491 e. The van der Waals surface area contributed by atoms with Gasteiger partial charge < -0.3 is 19.6 Å². The summed E-state index contributed by atoms with van der Waals surface area (Å²) < 4.78 is 5.61. The molecule has 1 fully saturated rings. The summed E-state index contributed by atoms with van der Waals surface area (Å²) >= 11 is 0. The number of aliphatic hydroxyl groups is 1. The molecule has 1 saturated heterocycles. The maximum Gasteiger partial charge on any atom is 0.246 e. The van der Waals surface area contributed by atoms with E-state index < -0.39 is 6.10 Å². The molecule has 5 nitrogen and oxygen atoms in total. The van der Waals surface area contributed by atoms with Crippen LogP contribution in [-0.4, -0.2) is 61.3 Å². The molecule has 2 aromatic carbocycles. The smallest absolute Gasteiger partial charge is 0.246 e.